The number of rotatable bonds is 4. The Kier molecular flexibility index (Phi) is 4.19. The molecule has 0 aromatic heterocycles. The molecule has 1 atom stereocenters. The Morgan fingerprint density at radius 3 is 2.65 bits per heavy atom. The van der Waals surface area contributed by atoms with Gasteiger partial charge in [0.05, 0.1) is 17.6 Å². The number of benzene rings is 1. The van der Waals surface area contributed by atoms with Gasteiger partial charge in [0.25, 0.3) is 5.92 Å². The van der Waals surface area contributed by atoms with Crippen LogP contribution in [0.3, 0.4) is 0 Å². The van der Waals surface area contributed by atoms with E-state index >= 15 is 0 Å². The van der Waals surface area contributed by atoms with Crippen molar-refractivity contribution in [2.75, 3.05) is 14.2 Å². The molecule has 0 radical (unpaired) electrons. The van der Waals surface area contributed by atoms with Gasteiger partial charge in [-0.3, -0.25) is 0 Å². The zero-order valence-corrected chi connectivity index (χ0v) is 12.0. The molecule has 1 fully saturated rings. The summed E-state index contributed by atoms with van der Waals surface area (Å²) in [5, 5.41) is 0. The fourth-order valence-corrected chi connectivity index (χ4v) is 3.21. The van der Waals surface area contributed by atoms with E-state index in [1.54, 1.807) is 25.2 Å². The molecule has 1 aromatic rings. The van der Waals surface area contributed by atoms with E-state index in [-0.39, 0.29) is 18.4 Å². The first-order valence-corrected chi connectivity index (χ1v) is 7.15. The molecule has 1 aromatic carbocycles. The third kappa shape index (κ3) is 3.04. The van der Waals surface area contributed by atoms with E-state index in [4.69, 9.17) is 0 Å². The highest BCUT2D eigenvalue weighted by molar-refractivity contribution is 7.82. The molecule has 0 saturated heterocycles. The minimum Gasteiger partial charge on any atom is -0.465 e. The minimum atomic E-state index is -2.66. The number of carbonyl (C=O) groups excluding carboxylic acids is 1. The monoisotopic (exact) mass is 303 g/mol. The van der Waals surface area contributed by atoms with Crippen LogP contribution in [0.1, 0.15) is 23.2 Å². The Morgan fingerprint density at radius 1 is 1.45 bits per heavy atom. The van der Waals surface area contributed by atoms with Crippen LogP contribution in [0.25, 0.3) is 0 Å². The molecule has 0 N–H and O–H groups in total. The molecule has 110 valence electrons. The van der Waals surface area contributed by atoms with Gasteiger partial charge in [0.1, 0.15) is 11.0 Å². The predicted octanol–water partition coefficient (Wildman–Crippen LogP) is 2.23. The van der Waals surface area contributed by atoms with Crippen molar-refractivity contribution in [3.05, 3.63) is 29.8 Å². The first-order valence-electron chi connectivity index (χ1n) is 6.05. The Labute approximate surface area is 118 Å². The van der Waals surface area contributed by atoms with Crippen molar-refractivity contribution >= 4 is 17.0 Å². The van der Waals surface area contributed by atoms with Crippen molar-refractivity contribution in [1.29, 1.82) is 0 Å². The standard InChI is InChI=1S/C13H15F2NO3S/c1-16(10-7-13(14,15)8-10)20(18)11-5-3-4-9(6-11)12(17)19-2/h3-6,10H,7-8H2,1-2H3. The lowest BCUT2D eigenvalue weighted by Gasteiger charge is -2.39. The van der Waals surface area contributed by atoms with E-state index in [0.717, 1.165) is 0 Å². The zero-order chi connectivity index (χ0) is 14.9. The van der Waals surface area contributed by atoms with Crippen LogP contribution < -0.4 is 0 Å². The molecule has 0 spiro atoms. The number of halogens is 2. The van der Waals surface area contributed by atoms with E-state index in [9.17, 15) is 17.8 Å². The van der Waals surface area contributed by atoms with Gasteiger partial charge in [-0.25, -0.2) is 22.1 Å². The molecule has 4 nitrogen and oxygen atoms in total. The third-order valence-electron chi connectivity index (χ3n) is 3.30. The Balaban J connectivity index is 2.11. The van der Waals surface area contributed by atoms with Gasteiger partial charge in [0.15, 0.2) is 0 Å². The van der Waals surface area contributed by atoms with Crippen molar-refractivity contribution < 1.29 is 22.5 Å². The summed E-state index contributed by atoms with van der Waals surface area (Å²) < 4.78 is 44.0. The fraction of sp³-hybridized carbons (Fsp3) is 0.462. The number of nitrogens with zero attached hydrogens (tertiary/aromatic N) is 1. The molecule has 0 bridgehead atoms. The van der Waals surface area contributed by atoms with Crippen LogP contribution >= 0.6 is 0 Å². The normalized spacial score (nSPS) is 19.4. The molecule has 1 unspecified atom stereocenters. The Hall–Kier alpha value is -1.34. The first kappa shape index (κ1) is 15.1. The summed E-state index contributed by atoms with van der Waals surface area (Å²) in [4.78, 5) is 11.8. The molecular weight excluding hydrogens is 288 g/mol. The van der Waals surface area contributed by atoms with E-state index in [2.05, 4.69) is 4.74 Å². The van der Waals surface area contributed by atoms with Crippen LogP contribution in [0.5, 0.6) is 0 Å². The van der Waals surface area contributed by atoms with Gasteiger partial charge in [0.2, 0.25) is 0 Å². The van der Waals surface area contributed by atoms with E-state index in [1.165, 1.54) is 17.5 Å². The molecule has 20 heavy (non-hydrogen) atoms. The van der Waals surface area contributed by atoms with Gasteiger partial charge in [-0.05, 0) is 18.2 Å². The summed E-state index contributed by atoms with van der Waals surface area (Å²) in [5.74, 6) is -3.18. The van der Waals surface area contributed by atoms with Gasteiger partial charge in [-0.1, -0.05) is 6.07 Å². The number of ether oxygens (including phenoxy) is 1. The number of carbonyl (C=O) groups is 1. The molecule has 2 rings (SSSR count). The van der Waals surface area contributed by atoms with Crippen LogP contribution in [0.2, 0.25) is 0 Å². The highest BCUT2D eigenvalue weighted by atomic mass is 32.2. The van der Waals surface area contributed by atoms with Crippen LogP contribution in [-0.4, -0.2) is 40.6 Å². The Bertz CT molecular complexity index is 542. The van der Waals surface area contributed by atoms with E-state index < -0.39 is 28.9 Å². The molecule has 1 aliphatic carbocycles. The van der Waals surface area contributed by atoms with Crippen molar-refractivity contribution in [1.82, 2.24) is 4.31 Å². The number of hydrogen-bond acceptors (Lipinski definition) is 3. The molecule has 1 saturated carbocycles. The first-order chi connectivity index (χ1) is 9.34. The van der Waals surface area contributed by atoms with Crippen LogP contribution in [0.4, 0.5) is 8.78 Å². The fourth-order valence-electron chi connectivity index (χ4n) is 2.04. The highest BCUT2D eigenvalue weighted by Gasteiger charge is 2.48. The van der Waals surface area contributed by atoms with Crippen molar-refractivity contribution in [2.45, 2.75) is 29.7 Å². The number of methoxy groups -OCH3 is 1. The van der Waals surface area contributed by atoms with Crippen LogP contribution in [-0.2, 0) is 15.7 Å². The summed E-state index contributed by atoms with van der Waals surface area (Å²) in [6.45, 7) is 0. The second kappa shape index (κ2) is 5.57. The van der Waals surface area contributed by atoms with Crippen molar-refractivity contribution in [3.63, 3.8) is 0 Å². The molecule has 0 amide bonds. The second-order valence-corrected chi connectivity index (χ2v) is 6.28. The van der Waals surface area contributed by atoms with Gasteiger partial charge < -0.3 is 4.74 Å². The summed E-state index contributed by atoms with van der Waals surface area (Å²) >= 11 is 0. The zero-order valence-electron chi connectivity index (χ0n) is 11.1. The SMILES string of the molecule is COC(=O)c1cccc(S(=O)N(C)C2CC(F)(F)C2)c1. The number of alkyl halides is 2. The highest BCUT2D eigenvalue weighted by Crippen LogP contribution is 2.40. The quantitative estimate of drug-likeness (QED) is 0.801. The summed E-state index contributed by atoms with van der Waals surface area (Å²) in [6.07, 6.45) is -0.572. The van der Waals surface area contributed by atoms with Gasteiger partial charge in [0, 0.05) is 25.9 Å². The number of hydrogen-bond donors (Lipinski definition) is 0. The van der Waals surface area contributed by atoms with Crippen LogP contribution in [0.15, 0.2) is 29.2 Å². The maximum absolute atomic E-state index is 12.8. The lowest BCUT2D eigenvalue weighted by atomic mass is 9.88. The molecular formula is C13H15F2NO3S. The maximum atomic E-state index is 12.8. The van der Waals surface area contributed by atoms with E-state index in [1.807, 2.05) is 0 Å². The minimum absolute atomic E-state index is 0.283. The summed E-state index contributed by atoms with van der Waals surface area (Å²) in [6, 6.07) is 5.77. The van der Waals surface area contributed by atoms with Gasteiger partial charge >= 0.3 is 5.97 Å². The molecule has 1 aliphatic rings. The van der Waals surface area contributed by atoms with E-state index in [0.29, 0.717) is 4.90 Å². The average Bonchev–Trinajstić information content (AvgIpc) is 2.42. The molecule has 0 aliphatic heterocycles. The lowest BCUT2D eigenvalue weighted by molar-refractivity contribution is -0.105. The number of esters is 1. The van der Waals surface area contributed by atoms with Gasteiger partial charge in [-0.2, -0.15) is 0 Å². The maximum Gasteiger partial charge on any atom is 0.337 e. The van der Waals surface area contributed by atoms with Crippen molar-refractivity contribution in [3.8, 4) is 0 Å². The largest absolute Gasteiger partial charge is 0.465 e. The van der Waals surface area contributed by atoms with Gasteiger partial charge in [-0.15, -0.1) is 0 Å². The smallest absolute Gasteiger partial charge is 0.337 e. The third-order valence-corrected chi connectivity index (χ3v) is 4.78. The predicted molar refractivity (Wildman–Crippen MR) is 69.9 cm³/mol. The second-order valence-electron chi connectivity index (χ2n) is 4.73. The van der Waals surface area contributed by atoms with Crippen LogP contribution in [0, 0.1) is 0 Å². The van der Waals surface area contributed by atoms with Crippen molar-refractivity contribution in [2.24, 2.45) is 0 Å². The lowest BCUT2D eigenvalue weighted by Crippen LogP contribution is -2.49. The summed E-state index contributed by atoms with van der Waals surface area (Å²) in [5.41, 5.74) is 0.283. The average molecular weight is 303 g/mol. The molecule has 0 heterocycles. The Morgan fingerprint density at radius 2 is 2.10 bits per heavy atom. The molecule has 7 heteroatoms. The topological polar surface area (TPSA) is 46.6 Å². The summed E-state index contributed by atoms with van der Waals surface area (Å²) in [7, 11) is 1.22.